The van der Waals surface area contributed by atoms with Gasteiger partial charge in [0.2, 0.25) is 5.79 Å². The summed E-state index contributed by atoms with van der Waals surface area (Å²) < 4.78 is 38.2. The van der Waals surface area contributed by atoms with Gasteiger partial charge in [-0.05, 0) is 72.4 Å². The Balaban J connectivity index is 1.49. The van der Waals surface area contributed by atoms with E-state index in [9.17, 15) is 20.1 Å². The zero-order valence-corrected chi connectivity index (χ0v) is 37.0. The summed E-state index contributed by atoms with van der Waals surface area (Å²) in [7, 11) is 0. The quantitative estimate of drug-likeness (QED) is 0.0372. The van der Waals surface area contributed by atoms with E-state index >= 15 is 0 Å². The highest BCUT2D eigenvalue weighted by Crippen LogP contribution is 2.62. The van der Waals surface area contributed by atoms with Gasteiger partial charge in [0.05, 0.1) is 51.3 Å². The summed E-state index contributed by atoms with van der Waals surface area (Å²) in [5.74, 6) is -0.907. The predicted octanol–water partition coefficient (Wildman–Crippen LogP) is 7.75. The normalized spacial score (nSPS) is 22.6. The van der Waals surface area contributed by atoms with Crippen molar-refractivity contribution in [3.63, 3.8) is 0 Å². The van der Waals surface area contributed by atoms with Gasteiger partial charge in [-0.25, -0.2) is 4.79 Å². The summed E-state index contributed by atoms with van der Waals surface area (Å²) in [5.41, 5.74) is 4.46. The maximum Gasteiger partial charge on any atom is 0.410 e. The molecule has 1 fully saturated rings. The lowest BCUT2D eigenvalue weighted by Crippen LogP contribution is -2.70. The fourth-order valence-electron chi connectivity index (χ4n) is 9.39. The molecule has 346 valence electrons. The highest BCUT2D eigenvalue weighted by Gasteiger charge is 2.65. The molecular formula is C51H66N2O11. The van der Waals surface area contributed by atoms with E-state index in [1.807, 2.05) is 78.9 Å². The van der Waals surface area contributed by atoms with Crippen LogP contribution < -0.4 is 9.47 Å². The molecule has 3 N–H and O–H groups in total. The van der Waals surface area contributed by atoms with E-state index in [0.29, 0.717) is 43.3 Å². The molecule has 3 aromatic rings. The Kier molecular flexibility index (Phi) is 19.3. The van der Waals surface area contributed by atoms with Crippen LogP contribution in [0.25, 0.3) is 0 Å². The van der Waals surface area contributed by atoms with Crippen LogP contribution in [0.2, 0.25) is 0 Å². The van der Waals surface area contributed by atoms with E-state index in [1.54, 1.807) is 17.1 Å². The number of unbranched alkanes of at least 4 members (excludes halogenated alkanes) is 2. The topological polar surface area (TPSA) is 158 Å². The number of ether oxygens (including phenoxy) is 6. The lowest BCUT2D eigenvalue weighted by molar-refractivity contribution is -0.256. The molecule has 0 aromatic heterocycles. The van der Waals surface area contributed by atoms with E-state index in [2.05, 4.69) is 19.2 Å². The Hall–Kier alpha value is -5.02. The SMILES string of the molecule is C=CCOc1ccc2c(c1)[C@H]1[C@H](CCCCO)[C@@H](CCCCO)C=C3C(=NOCc4ccccc4)C[C@H](N(CCOCCO)C(=O)OCCOCc4ccccc4)[C@@](OCC=C)(O2)[C@H]31. The summed E-state index contributed by atoms with van der Waals surface area (Å²) in [5, 5.41) is 34.4. The van der Waals surface area contributed by atoms with Crippen LogP contribution >= 0.6 is 0 Å². The van der Waals surface area contributed by atoms with Gasteiger partial charge in [0.1, 0.15) is 37.4 Å². The van der Waals surface area contributed by atoms with Crippen molar-refractivity contribution in [1.82, 2.24) is 4.90 Å². The molecule has 1 aliphatic heterocycles. The number of rotatable bonds is 28. The second kappa shape index (κ2) is 25.5. The summed E-state index contributed by atoms with van der Waals surface area (Å²) in [6.45, 7) is 9.31. The van der Waals surface area contributed by atoms with Crippen LogP contribution in [0.5, 0.6) is 11.5 Å². The van der Waals surface area contributed by atoms with Crippen molar-refractivity contribution < 1.29 is 53.4 Å². The van der Waals surface area contributed by atoms with Crippen molar-refractivity contribution in [1.29, 1.82) is 0 Å². The molecule has 1 saturated carbocycles. The first-order valence-electron chi connectivity index (χ1n) is 22.7. The number of hydrogen-bond donors (Lipinski definition) is 3. The molecular weight excluding hydrogens is 817 g/mol. The molecule has 0 radical (unpaired) electrons. The van der Waals surface area contributed by atoms with Crippen molar-refractivity contribution >= 4 is 11.8 Å². The van der Waals surface area contributed by atoms with Crippen molar-refractivity contribution in [3.05, 3.63) is 133 Å². The average Bonchev–Trinajstić information content (AvgIpc) is 3.32. The number of carbonyl (C=O) groups excluding carboxylic acids is 1. The standard InChI is InChI=1S/C51H66N2O11/c1-3-27-60-41-21-22-46-44(34-41)48-42(20-12-14-25-55)40(19-11-13-24-54)33-43-45(52-63-37-39-17-9-6-10-18-39)35-47(51(64-46,49(43)48)62-28-4-2)53(23-29-58-30-26-56)50(57)61-32-31-59-36-38-15-7-5-8-16-38/h3-10,15-18,21-22,33-34,40,42,47-49,54-56H,1-2,11-14,19-20,23-32,35-37H2/t40-,42+,47-,48+,49+,51+/m0/s1. The molecule has 6 rings (SSSR count). The van der Waals surface area contributed by atoms with Gasteiger partial charge in [-0.1, -0.05) is 103 Å². The predicted molar refractivity (Wildman–Crippen MR) is 244 cm³/mol. The summed E-state index contributed by atoms with van der Waals surface area (Å²) >= 11 is 0. The third-order valence-electron chi connectivity index (χ3n) is 12.1. The molecule has 0 unspecified atom stereocenters. The van der Waals surface area contributed by atoms with Gasteiger partial charge >= 0.3 is 6.09 Å². The largest absolute Gasteiger partial charge is 0.490 e. The first kappa shape index (κ1) is 48.4. The average molecular weight is 883 g/mol. The van der Waals surface area contributed by atoms with Crippen LogP contribution in [0.3, 0.4) is 0 Å². The van der Waals surface area contributed by atoms with Crippen molar-refractivity contribution in [2.45, 2.75) is 75.9 Å². The number of oxime groups is 1. The number of nitrogens with zero attached hydrogens (tertiary/aromatic N) is 2. The monoisotopic (exact) mass is 882 g/mol. The lowest BCUT2D eigenvalue weighted by Gasteiger charge is -2.59. The van der Waals surface area contributed by atoms with Crippen LogP contribution in [-0.4, -0.2) is 110 Å². The molecule has 3 aromatic carbocycles. The van der Waals surface area contributed by atoms with Gasteiger partial charge in [-0.15, -0.1) is 6.58 Å². The zero-order valence-electron chi connectivity index (χ0n) is 37.0. The molecule has 0 saturated heterocycles. The van der Waals surface area contributed by atoms with Gasteiger partial charge in [0.25, 0.3) is 0 Å². The smallest absolute Gasteiger partial charge is 0.410 e. The first-order valence-corrected chi connectivity index (χ1v) is 22.7. The summed E-state index contributed by atoms with van der Waals surface area (Å²) in [6, 6.07) is 24.6. The summed E-state index contributed by atoms with van der Waals surface area (Å²) in [6.07, 6.45) is 9.75. The van der Waals surface area contributed by atoms with Crippen molar-refractivity contribution in [2.75, 3.05) is 66.0 Å². The van der Waals surface area contributed by atoms with Crippen LogP contribution in [0.4, 0.5) is 4.79 Å². The van der Waals surface area contributed by atoms with Gasteiger partial charge in [-0.2, -0.15) is 0 Å². The van der Waals surface area contributed by atoms with E-state index in [1.165, 1.54) is 0 Å². The van der Waals surface area contributed by atoms with E-state index < -0.39 is 23.8 Å². The van der Waals surface area contributed by atoms with Crippen molar-refractivity contribution in [2.24, 2.45) is 22.9 Å². The maximum atomic E-state index is 14.7. The minimum absolute atomic E-state index is 0.00906. The minimum atomic E-state index is -1.50. The molecule has 0 spiro atoms. The molecule has 2 aliphatic carbocycles. The maximum absolute atomic E-state index is 14.7. The number of hydrogen-bond acceptors (Lipinski definition) is 12. The second-order valence-corrected chi connectivity index (χ2v) is 16.3. The molecule has 64 heavy (non-hydrogen) atoms. The summed E-state index contributed by atoms with van der Waals surface area (Å²) in [4.78, 5) is 22.5. The number of benzene rings is 3. The van der Waals surface area contributed by atoms with Crippen LogP contribution in [0, 0.1) is 17.8 Å². The highest BCUT2D eigenvalue weighted by atomic mass is 16.7. The molecule has 13 nitrogen and oxygen atoms in total. The van der Waals surface area contributed by atoms with Crippen molar-refractivity contribution in [3.8, 4) is 11.5 Å². The highest BCUT2D eigenvalue weighted by molar-refractivity contribution is 6.03. The van der Waals surface area contributed by atoms with Crippen LogP contribution in [-0.2, 0) is 37.0 Å². The Morgan fingerprint density at radius 2 is 1.53 bits per heavy atom. The minimum Gasteiger partial charge on any atom is -0.490 e. The number of carbonyl (C=O) groups is 1. The number of fused-ring (bicyclic) bond motifs is 2. The Morgan fingerprint density at radius 3 is 2.23 bits per heavy atom. The number of aliphatic hydroxyl groups is 3. The molecule has 0 bridgehead atoms. The molecule has 13 heteroatoms. The second-order valence-electron chi connectivity index (χ2n) is 16.3. The Labute approximate surface area is 377 Å². The first-order chi connectivity index (χ1) is 31.5. The van der Waals surface area contributed by atoms with Gasteiger partial charge in [0, 0.05) is 37.7 Å². The molecule has 3 aliphatic rings. The molecule has 1 heterocycles. The van der Waals surface area contributed by atoms with E-state index in [-0.39, 0.29) is 90.2 Å². The molecule has 1 amide bonds. The van der Waals surface area contributed by atoms with E-state index in [4.69, 9.17) is 38.4 Å². The van der Waals surface area contributed by atoms with Crippen LogP contribution in [0.1, 0.15) is 67.6 Å². The van der Waals surface area contributed by atoms with Crippen LogP contribution in [0.15, 0.2) is 121 Å². The fourth-order valence-corrected chi connectivity index (χ4v) is 9.39. The number of allylic oxidation sites excluding steroid dienone is 1. The Morgan fingerprint density at radius 1 is 0.812 bits per heavy atom. The van der Waals surface area contributed by atoms with E-state index in [0.717, 1.165) is 47.9 Å². The van der Waals surface area contributed by atoms with Gasteiger partial charge in [-0.3, -0.25) is 4.90 Å². The van der Waals surface area contributed by atoms with Gasteiger partial charge < -0.3 is 48.6 Å². The third-order valence-corrected chi connectivity index (χ3v) is 12.1. The molecule has 6 atom stereocenters. The van der Waals surface area contributed by atoms with Gasteiger partial charge in [0.15, 0.2) is 0 Å². The number of amides is 1. The zero-order chi connectivity index (χ0) is 45.0. The Bertz CT molecular complexity index is 1960. The number of aliphatic hydroxyl groups excluding tert-OH is 3. The lowest BCUT2D eigenvalue weighted by atomic mass is 9.55. The third kappa shape index (κ3) is 12.4. The fraction of sp³-hybridized carbons (Fsp3) is 0.490.